The van der Waals surface area contributed by atoms with E-state index < -0.39 is 0 Å². The first-order valence-electron chi connectivity index (χ1n) is 8.72. The minimum absolute atomic E-state index is 0.0194. The predicted octanol–water partition coefficient (Wildman–Crippen LogP) is 3.15. The first-order valence-corrected chi connectivity index (χ1v) is 8.72. The predicted molar refractivity (Wildman–Crippen MR) is 97.9 cm³/mol. The molecular formula is C21H24N2O2. The standard InChI is InChI=1S/C21H24N2O2/c1-15-6-5-7-17(12-15)14-22-21(25)13-20-19-9-4-3-8-18(19)10-11-23(20)16(2)24/h3-9,12,20H,10-11,13-14H2,1-2H3,(H,22,25). The van der Waals surface area contributed by atoms with Crippen LogP contribution < -0.4 is 5.32 Å². The molecule has 0 bridgehead atoms. The van der Waals surface area contributed by atoms with Gasteiger partial charge in [-0.3, -0.25) is 9.59 Å². The highest BCUT2D eigenvalue weighted by Crippen LogP contribution is 2.32. The molecule has 0 spiro atoms. The fourth-order valence-corrected chi connectivity index (χ4v) is 3.52. The van der Waals surface area contributed by atoms with Crippen LogP contribution in [0.15, 0.2) is 48.5 Å². The molecule has 0 radical (unpaired) electrons. The zero-order valence-electron chi connectivity index (χ0n) is 14.8. The first kappa shape index (κ1) is 17.2. The van der Waals surface area contributed by atoms with Crippen LogP contribution in [0.2, 0.25) is 0 Å². The number of carbonyl (C=O) groups excluding carboxylic acids is 2. The molecule has 1 aliphatic rings. The van der Waals surface area contributed by atoms with Gasteiger partial charge in [-0.2, -0.15) is 0 Å². The third kappa shape index (κ3) is 4.08. The normalized spacial score (nSPS) is 16.2. The van der Waals surface area contributed by atoms with E-state index >= 15 is 0 Å². The van der Waals surface area contributed by atoms with Gasteiger partial charge in [-0.25, -0.2) is 0 Å². The smallest absolute Gasteiger partial charge is 0.222 e. The molecule has 0 saturated heterocycles. The number of carbonyl (C=O) groups is 2. The maximum Gasteiger partial charge on any atom is 0.222 e. The van der Waals surface area contributed by atoms with Crippen molar-refractivity contribution in [3.8, 4) is 0 Å². The summed E-state index contributed by atoms with van der Waals surface area (Å²) < 4.78 is 0. The number of hydrogen-bond donors (Lipinski definition) is 1. The lowest BCUT2D eigenvalue weighted by Crippen LogP contribution is -2.41. The SMILES string of the molecule is CC(=O)N1CCc2ccccc2C1CC(=O)NCc1cccc(C)c1. The van der Waals surface area contributed by atoms with Crippen LogP contribution in [0.5, 0.6) is 0 Å². The number of nitrogens with zero attached hydrogens (tertiary/aromatic N) is 1. The highest BCUT2D eigenvalue weighted by molar-refractivity contribution is 5.79. The van der Waals surface area contributed by atoms with Crippen LogP contribution in [0.3, 0.4) is 0 Å². The number of aryl methyl sites for hydroxylation is 1. The van der Waals surface area contributed by atoms with Crippen molar-refractivity contribution in [3.05, 3.63) is 70.8 Å². The molecule has 2 aromatic carbocycles. The van der Waals surface area contributed by atoms with Crippen molar-refractivity contribution >= 4 is 11.8 Å². The summed E-state index contributed by atoms with van der Waals surface area (Å²) in [5.74, 6) is -0.0135. The van der Waals surface area contributed by atoms with E-state index in [0.29, 0.717) is 19.5 Å². The van der Waals surface area contributed by atoms with Gasteiger partial charge in [0.1, 0.15) is 0 Å². The van der Waals surface area contributed by atoms with Crippen LogP contribution in [0.25, 0.3) is 0 Å². The molecule has 1 heterocycles. The maximum absolute atomic E-state index is 12.5. The van der Waals surface area contributed by atoms with Crippen LogP contribution in [0, 0.1) is 6.92 Å². The first-order chi connectivity index (χ1) is 12.0. The third-order valence-corrected chi connectivity index (χ3v) is 4.77. The Morgan fingerprint density at radius 3 is 2.72 bits per heavy atom. The van der Waals surface area contributed by atoms with Gasteiger partial charge in [-0.05, 0) is 30.0 Å². The van der Waals surface area contributed by atoms with Gasteiger partial charge >= 0.3 is 0 Å². The Kier molecular flexibility index (Phi) is 5.17. The van der Waals surface area contributed by atoms with Crippen LogP contribution in [-0.2, 0) is 22.6 Å². The van der Waals surface area contributed by atoms with E-state index in [2.05, 4.69) is 17.4 Å². The highest BCUT2D eigenvalue weighted by atomic mass is 16.2. The lowest BCUT2D eigenvalue weighted by atomic mass is 9.90. The van der Waals surface area contributed by atoms with Gasteiger partial charge in [0.2, 0.25) is 11.8 Å². The number of amides is 2. The van der Waals surface area contributed by atoms with Gasteiger partial charge < -0.3 is 10.2 Å². The molecule has 25 heavy (non-hydrogen) atoms. The van der Waals surface area contributed by atoms with E-state index in [4.69, 9.17) is 0 Å². The lowest BCUT2D eigenvalue weighted by molar-refractivity contribution is -0.133. The van der Waals surface area contributed by atoms with Gasteiger partial charge in [0.25, 0.3) is 0 Å². The minimum Gasteiger partial charge on any atom is -0.352 e. The largest absolute Gasteiger partial charge is 0.352 e. The molecule has 0 saturated carbocycles. The molecule has 1 atom stereocenters. The molecule has 1 unspecified atom stereocenters. The third-order valence-electron chi connectivity index (χ3n) is 4.77. The van der Waals surface area contributed by atoms with Gasteiger partial charge in [0.15, 0.2) is 0 Å². The zero-order valence-corrected chi connectivity index (χ0v) is 14.8. The second-order valence-electron chi connectivity index (χ2n) is 6.65. The van der Waals surface area contributed by atoms with Crippen LogP contribution in [0.4, 0.5) is 0 Å². The molecule has 0 aromatic heterocycles. The molecule has 130 valence electrons. The van der Waals surface area contributed by atoms with Gasteiger partial charge in [-0.15, -0.1) is 0 Å². The van der Waals surface area contributed by atoms with Crippen LogP contribution >= 0.6 is 0 Å². The summed E-state index contributed by atoms with van der Waals surface area (Å²) in [4.78, 5) is 26.3. The second kappa shape index (κ2) is 7.51. The van der Waals surface area contributed by atoms with Crippen molar-refractivity contribution in [2.75, 3.05) is 6.54 Å². The Morgan fingerprint density at radius 2 is 1.96 bits per heavy atom. The van der Waals surface area contributed by atoms with Crippen molar-refractivity contribution in [2.24, 2.45) is 0 Å². The van der Waals surface area contributed by atoms with Crippen molar-refractivity contribution in [2.45, 2.75) is 39.3 Å². The number of benzene rings is 2. The van der Waals surface area contributed by atoms with Crippen molar-refractivity contribution < 1.29 is 9.59 Å². The summed E-state index contributed by atoms with van der Waals surface area (Å²) in [7, 11) is 0. The monoisotopic (exact) mass is 336 g/mol. The number of nitrogens with one attached hydrogen (secondary N) is 1. The summed E-state index contributed by atoms with van der Waals surface area (Å²) in [6.45, 7) is 4.79. The fourth-order valence-electron chi connectivity index (χ4n) is 3.52. The van der Waals surface area contributed by atoms with Crippen LogP contribution in [-0.4, -0.2) is 23.3 Å². The minimum atomic E-state index is -0.181. The molecule has 2 amide bonds. The van der Waals surface area contributed by atoms with E-state index in [1.165, 1.54) is 11.1 Å². The average molecular weight is 336 g/mol. The van der Waals surface area contributed by atoms with Crippen LogP contribution in [0.1, 0.15) is 41.6 Å². The zero-order chi connectivity index (χ0) is 17.8. The number of hydrogen-bond acceptors (Lipinski definition) is 2. The van der Waals surface area contributed by atoms with E-state index in [-0.39, 0.29) is 17.9 Å². The van der Waals surface area contributed by atoms with Gasteiger partial charge in [0.05, 0.1) is 12.5 Å². The molecule has 2 aromatic rings. The Labute approximate surface area is 148 Å². The molecule has 0 fully saturated rings. The Morgan fingerprint density at radius 1 is 1.16 bits per heavy atom. The molecule has 1 N–H and O–H groups in total. The summed E-state index contributed by atoms with van der Waals surface area (Å²) >= 11 is 0. The number of fused-ring (bicyclic) bond motifs is 1. The lowest BCUT2D eigenvalue weighted by Gasteiger charge is -2.36. The van der Waals surface area contributed by atoms with E-state index in [9.17, 15) is 9.59 Å². The van der Waals surface area contributed by atoms with Crippen molar-refractivity contribution in [3.63, 3.8) is 0 Å². The quantitative estimate of drug-likeness (QED) is 0.932. The molecule has 4 nitrogen and oxygen atoms in total. The second-order valence-corrected chi connectivity index (χ2v) is 6.65. The topological polar surface area (TPSA) is 49.4 Å². The van der Waals surface area contributed by atoms with E-state index in [1.807, 2.05) is 48.2 Å². The van der Waals surface area contributed by atoms with Crippen molar-refractivity contribution in [1.29, 1.82) is 0 Å². The summed E-state index contributed by atoms with van der Waals surface area (Å²) in [6, 6.07) is 16.0. The van der Waals surface area contributed by atoms with E-state index in [0.717, 1.165) is 17.5 Å². The van der Waals surface area contributed by atoms with Crippen molar-refractivity contribution in [1.82, 2.24) is 10.2 Å². The molecule has 0 aliphatic carbocycles. The van der Waals surface area contributed by atoms with Gasteiger partial charge in [-0.1, -0.05) is 54.1 Å². The molecular weight excluding hydrogens is 312 g/mol. The summed E-state index contributed by atoms with van der Waals surface area (Å²) in [6.07, 6.45) is 1.14. The highest BCUT2D eigenvalue weighted by Gasteiger charge is 2.30. The summed E-state index contributed by atoms with van der Waals surface area (Å²) in [5.41, 5.74) is 4.59. The molecule has 3 rings (SSSR count). The maximum atomic E-state index is 12.5. The Balaban J connectivity index is 1.70. The van der Waals surface area contributed by atoms with E-state index in [1.54, 1.807) is 6.92 Å². The molecule has 4 heteroatoms. The fraction of sp³-hybridized carbons (Fsp3) is 0.333. The summed E-state index contributed by atoms with van der Waals surface area (Å²) in [5, 5.41) is 2.99. The number of rotatable bonds is 4. The Hall–Kier alpha value is -2.62. The Bertz CT molecular complexity index is 785. The average Bonchev–Trinajstić information content (AvgIpc) is 2.60. The molecule has 1 aliphatic heterocycles. The van der Waals surface area contributed by atoms with Gasteiger partial charge in [0, 0.05) is 20.0 Å².